The van der Waals surface area contributed by atoms with Crippen LogP contribution in [0.4, 0.5) is 0 Å². The van der Waals surface area contributed by atoms with E-state index in [0.717, 1.165) is 25.5 Å². The van der Waals surface area contributed by atoms with E-state index in [0.29, 0.717) is 0 Å². The van der Waals surface area contributed by atoms with Crippen LogP contribution >= 0.6 is 0 Å². The minimum absolute atomic E-state index is 0.905. The molecule has 0 unspecified atom stereocenters. The molecule has 0 saturated heterocycles. The van der Waals surface area contributed by atoms with Gasteiger partial charge in [0.25, 0.3) is 0 Å². The van der Waals surface area contributed by atoms with Gasteiger partial charge in [-0.15, -0.1) is 0 Å². The molecule has 0 bridgehead atoms. The number of benzene rings is 1. The highest BCUT2D eigenvalue weighted by Gasteiger charge is 2.08. The second-order valence-corrected chi connectivity index (χ2v) is 3.70. The van der Waals surface area contributed by atoms with E-state index in [2.05, 4.69) is 46.4 Å². The van der Waals surface area contributed by atoms with Gasteiger partial charge >= 0.3 is 0 Å². The molecule has 0 aliphatic carbocycles. The quantitative estimate of drug-likeness (QED) is 0.620. The predicted octanol–water partition coefficient (Wildman–Crippen LogP) is 2.10. The van der Waals surface area contributed by atoms with Crippen molar-refractivity contribution < 1.29 is 0 Å². The number of aliphatic imine (C=N–C) groups is 1. The molecule has 0 heterocycles. The molecule has 3 nitrogen and oxygen atoms in total. The predicted molar refractivity (Wildman–Crippen MR) is 69.6 cm³/mol. The van der Waals surface area contributed by atoms with Crippen molar-refractivity contribution in [2.75, 3.05) is 20.6 Å². The van der Waals surface area contributed by atoms with Gasteiger partial charge in [0, 0.05) is 27.2 Å². The summed E-state index contributed by atoms with van der Waals surface area (Å²) in [4.78, 5) is 6.51. The molecule has 1 aromatic rings. The van der Waals surface area contributed by atoms with E-state index in [4.69, 9.17) is 0 Å². The van der Waals surface area contributed by atoms with Crippen molar-refractivity contribution in [3.8, 4) is 0 Å². The lowest BCUT2D eigenvalue weighted by atomic mass is 10.2. The molecule has 1 N–H and O–H groups in total. The van der Waals surface area contributed by atoms with Crippen LogP contribution in [0.25, 0.3) is 0 Å². The molecule has 1 rings (SSSR count). The second kappa shape index (κ2) is 6.88. The summed E-state index contributed by atoms with van der Waals surface area (Å²) in [7, 11) is 3.73. The highest BCUT2D eigenvalue weighted by atomic mass is 15.3. The summed E-state index contributed by atoms with van der Waals surface area (Å²) in [5.74, 6) is 0.950. The molecule has 16 heavy (non-hydrogen) atoms. The topological polar surface area (TPSA) is 27.6 Å². The van der Waals surface area contributed by atoms with Crippen molar-refractivity contribution in [3.05, 3.63) is 35.9 Å². The van der Waals surface area contributed by atoms with Crippen molar-refractivity contribution in [2.24, 2.45) is 4.99 Å². The summed E-state index contributed by atoms with van der Waals surface area (Å²) in [6.45, 7) is 4.10. The van der Waals surface area contributed by atoms with E-state index >= 15 is 0 Å². The molecule has 0 amide bonds. The van der Waals surface area contributed by atoms with Crippen molar-refractivity contribution in [2.45, 2.75) is 19.9 Å². The average molecular weight is 219 g/mol. The smallest absolute Gasteiger partial charge is 0.193 e. The maximum atomic E-state index is 4.25. The summed E-state index contributed by atoms with van der Waals surface area (Å²) in [6.07, 6.45) is 1.12. The van der Waals surface area contributed by atoms with Crippen LogP contribution in [-0.4, -0.2) is 31.5 Å². The van der Waals surface area contributed by atoms with Gasteiger partial charge in [0.2, 0.25) is 0 Å². The molecule has 0 saturated carbocycles. The van der Waals surface area contributed by atoms with Crippen LogP contribution in [0, 0.1) is 0 Å². The van der Waals surface area contributed by atoms with E-state index in [-0.39, 0.29) is 0 Å². The van der Waals surface area contributed by atoms with E-state index in [9.17, 15) is 0 Å². The van der Waals surface area contributed by atoms with E-state index in [1.165, 1.54) is 5.56 Å². The highest BCUT2D eigenvalue weighted by molar-refractivity contribution is 5.79. The molecule has 0 radical (unpaired) electrons. The number of rotatable bonds is 4. The standard InChI is InChI=1S/C13H21N3/c1-4-10-16(13(14-2)15-3)11-12-8-6-5-7-9-12/h5-9H,4,10-11H2,1-3H3,(H,14,15). The molecule has 3 heteroatoms. The first-order chi connectivity index (χ1) is 7.81. The Labute approximate surface area is 98.2 Å². The normalized spacial score (nSPS) is 11.3. The van der Waals surface area contributed by atoms with Crippen LogP contribution in [0.2, 0.25) is 0 Å². The van der Waals surface area contributed by atoms with Gasteiger partial charge in [0.15, 0.2) is 5.96 Å². The van der Waals surface area contributed by atoms with Gasteiger partial charge in [-0.2, -0.15) is 0 Å². The summed E-state index contributed by atoms with van der Waals surface area (Å²) in [6, 6.07) is 10.5. The lowest BCUT2D eigenvalue weighted by Gasteiger charge is -2.25. The molecule has 0 fully saturated rings. The van der Waals surface area contributed by atoms with Crippen LogP contribution in [-0.2, 0) is 6.54 Å². The van der Waals surface area contributed by atoms with Crippen molar-refractivity contribution >= 4 is 5.96 Å². The Kier molecular flexibility index (Phi) is 5.40. The maximum absolute atomic E-state index is 4.25. The SMILES string of the molecule is CCCN(Cc1ccccc1)C(=NC)NC. The van der Waals surface area contributed by atoms with Gasteiger partial charge in [-0.1, -0.05) is 37.3 Å². The molecule has 0 atom stereocenters. The zero-order valence-corrected chi connectivity index (χ0v) is 10.4. The Hall–Kier alpha value is -1.51. The van der Waals surface area contributed by atoms with E-state index in [1.807, 2.05) is 20.2 Å². The molecule has 0 spiro atoms. The maximum Gasteiger partial charge on any atom is 0.193 e. The second-order valence-electron chi connectivity index (χ2n) is 3.70. The molecule has 88 valence electrons. The van der Waals surface area contributed by atoms with Crippen molar-refractivity contribution in [1.82, 2.24) is 10.2 Å². The van der Waals surface area contributed by atoms with Gasteiger partial charge in [-0.3, -0.25) is 4.99 Å². The molecule has 0 aliphatic rings. The van der Waals surface area contributed by atoms with Crippen LogP contribution in [0.5, 0.6) is 0 Å². The summed E-state index contributed by atoms with van der Waals surface area (Å²) < 4.78 is 0. The van der Waals surface area contributed by atoms with E-state index < -0.39 is 0 Å². The van der Waals surface area contributed by atoms with Gasteiger partial charge in [-0.25, -0.2) is 0 Å². The first-order valence-electron chi connectivity index (χ1n) is 5.75. The van der Waals surface area contributed by atoms with Gasteiger partial charge < -0.3 is 10.2 Å². The highest BCUT2D eigenvalue weighted by Crippen LogP contribution is 2.05. The van der Waals surface area contributed by atoms with Crippen LogP contribution in [0.3, 0.4) is 0 Å². The fourth-order valence-electron chi connectivity index (χ4n) is 1.74. The third kappa shape index (κ3) is 3.57. The Morgan fingerprint density at radius 2 is 2.00 bits per heavy atom. The zero-order valence-electron chi connectivity index (χ0n) is 10.4. The largest absolute Gasteiger partial charge is 0.359 e. The number of hydrogen-bond donors (Lipinski definition) is 1. The van der Waals surface area contributed by atoms with Crippen LogP contribution in [0.15, 0.2) is 35.3 Å². The summed E-state index contributed by atoms with van der Waals surface area (Å²) in [5, 5.41) is 3.13. The third-order valence-electron chi connectivity index (χ3n) is 2.44. The summed E-state index contributed by atoms with van der Waals surface area (Å²) >= 11 is 0. The number of nitrogens with zero attached hydrogens (tertiary/aromatic N) is 2. The third-order valence-corrected chi connectivity index (χ3v) is 2.44. The van der Waals surface area contributed by atoms with Gasteiger partial charge in [0.1, 0.15) is 0 Å². The fraction of sp³-hybridized carbons (Fsp3) is 0.462. The molecule has 1 aromatic carbocycles. The van der Waals surface area contributed by atoms with Crippen LogP contribution < -0.4 is 5.32 Å². The number of guanidine groups is 1. The first kappa shape index (κ1) is 12.6. The average Bonchev–Trinajstić information content (AvgIpc) is 2.32. The van der Waals surface area contributed by atoms with Crippen LogP contribution in [0.1, 0.15) is 18.9 Å². The first-order valence-corrected chi connectivity index (χ1v) is 5.75. The minimum atomic E-state index is 0.905. The Morgan fingerprint density at radius 1 is 1.31 bits per heavy atom. The Morgan fingerprint density at radius 3 is 2.50 bits per heavy atom. The molecular formula is C13H21N3. The summed E-state index contributed by atoms with van der Waals surface area (Å²) in [5.41, 5.74) is 1.31. The minimum Gasteiger partial charge on any atom is -0.359 e. The number of hydrogen-bond acceptors (Lipinski definition) is 1. The lowest BCUT2D eigenvalue weighted by Crippen LogP contribution is -2.39. The van der Waals surface area contributed by atoms with Gasteiger partial charge in [0.05, 0.1) is 0 Å². The molecule has 0 aliphatic heterocycles. The van der Waals surface area contributed by atoms with Gasteiger partial charge in [-0.05, 0) is 12.0 Å². The van der Waals surface area contributed by atoms with Crippen molar-refractivity contribution in [1.29, 1.82) is 0 Å². The lowest BCUT2D eigenvalue weighted by molar-refractivity contribution is 0.399. The zero-order chi connectivity index (χ0) is 11.8. The van der Waals surface area contributed by atoms with E-state index in [1.54, 1.807) is 0 Å². The monoisotopic (exact) mass is 219 g/mol. The van der Waals surface area contributed by atoms with Crippen molar-refractivity contribution in [3.63, 3.8) is 0 Å². The Balaban J connectivity index is 2.72. The molecule has 0 aromatic heterocycles. The Bertz CT molecular complexity index is 319. The fourth-order valence-corrected chi connectivity index (χ4v) is 1.74. The molecular weight excluding hydrogens is 198 g/mol. The number of nitrogens with one attached hydrogen (secondary N) is 1.